The van der Waals surface area contributed by atoms with Crippen molar-refractivity contribution in [1.29, 1.82) is 0 Å². The molecular weight excluding hydrogens is 303 g/mol. The van der Waals surface area contributed by atoms with Crippen LogP contribution < -0.4 is 10.6 Å². The van der Waals surface area contributed by atoms with Gasteiger partial charge in [-0.25, -0.2) is 9.78 Å². The van der Waals surface area contributed by atoms with E-state index in [4.69, 9.17) is 28.9 Å². The van der Waals surface area contributed by atoms with Crippen molar-refractivity contribution in [2.75, 3.05) is 31.1 Å². The molecule has 1 fully saturated rings. The Labute approximate surface area is 127 Å². The molecule has 6 nitrogen and oxygen atoms in total. The van der Waals surface area contributed by atoms with Crippen molar-refractivity contribution in [3.05, 3.63) is 22.4 Å². The first-order chi connectivity index (χ1) is 9.47. The number of rotatable bonds is 4. The molecule has 3 N–H and O–H groups in total. The number of pyridine rings is 1. The van der Waals surface area contributed by atoms with Gasteiger partial charge in [0.25, 0.3) is 0 Å². The fraction of sp³-hybridized carbons (Fsp3) is 0.500. The SMILES string of the molecule is NC(=O)N(CCN1CC[C@@H](O)C1)c1cnc(Cl)c(Cl)c1. The first-order valence-electron chi connectivity index (χ1n) is 6.26. The molecule has 0 aromatic carbocycles. The molecule has 0 radical (unpaired) electrons. The number of aliphatic hydroxyl groups excluding tert-OH is 1. The highest BCUT2D eigenvalue weighted by atomic mass is 35.5. The van der Waals surface area contributed by atoms with Crippen molar-refractivity contribution in [1.82, 2.24) is 9.88 Å². The predicted molar refractivity (Wildman–Crippen MR) is 78.3 cm³/mol. The number of primary amides is 1. The van der Waals surface area contributed by atoms with Crippen LogP contribution in [0, 0.1) is 0 Å². The Morgan fingerprint density at radius 3 is 2.90 bits per heavy atom. The average Bonchev–Trinajstić information content (AvgIpc) is 2.79. The van der Waals surface area contributed by atoms with Crippen molar-refractivity contribution < 1.29 is 9.90 Å². The van der Waals surface area contributed by atoms with Gasteiger partial charge in [-0.1, -0.05) is 23.2 Å². The Balaban J connectivity index is 2.03. The van der Waals surface area contributed by atoms with Gasteiger partial charge in [0.1, 0.15) is 5.15 Å². The summed E-state index contributed by atoms with van der Waals surface area (Å²) >= 11 is 11.6. The van der Waals surface area contributed by atoms with Crippen LogP contribution in [0.3, 0.4) is 0 Å². The lowest BCUT2D eigenvalue weighted by atomic mass is 10.3. The van der Waals surface area contributed by atoms with Gasteiger partial charge in [-0.2, -0.15) is 0 Å². The van der Waals surface area contributed by atoms with Crippen LogP contribution in [0.2, 0.25) is 10.2 Å². The first kappa shape index (κ1) is 15.3. The molecule has 1 aromatic heterocycles. The minimum Gasteiger partial charge on any atom is -0.392 e. The van der Waals surface area contributed by atoms with Crippen molar-refractivity contribution in [3.63, 3.8) is 0 Å². The molecule has 1 aliphatic heterocycles. The quantitative estimate of drug-likeness (QED) is 0.821. The fourth-order valence-electron chi connectivity index (χ4n) is 2.18. The second-order valence-corrected chi connectivity index (χ2v) is 5.46. The van der Waals surface area contributed by atoms with Crippen molar-refractivity contribution >= 4 is 34.9 Å². The number of hydrogen-bond donors (Lipinski definition) is 2. The summed E-state index contributed by atoms with van der Waals surface area (Å²) in [5.41, 5.74) is 5.89. The summed E-state index contributed by atoms with van der Waals surface area (Å²) in [5, 5.41) is 9.92. The van der Waals surface area contributed by atoms with Crippen LogP contribution in [0.1, 0.15) is 6.42 Å². The largest absolute Gasteiger partial charge is 0.392 e. The van der Waals surface area contributed by atoms with Gasteiger partial charge in [0.15, 0.2) is 0 Å². The third kappa shape index (κ3) is 3.73. The van der Waals surface area contributed by atoms with Gasteiger partial charge < -0.3 is 10.8 Å². The molecule has 20 heavy (non-hydrogen) atoms. The lowest BCUT2D eigenvalue weighted by Gasteiger charge is -2.23. The lowest BCUT2D eigenvalue weighted by Crippen LogP contribution is -2.41. The van der Waals surface area contributed by atoms with E-state index in [0.717, 1.165) is 13.0 Å². The Morgan fingerprint density at radius 1 is 1.60 bits per heavy atom. The predicted octanol–water partition coefficient (Wildman–Crippen LogP) is 1.34. The lowest BCUT2D eigenvalue weighted by molar-refractivity contribution is 0.177. The molecule has 0 spiro atoms. The van der Waals surface area contributed by atoms with E-state index in [2.05, 4.69) is 9.88 Å². The number of carbonyl (C=O) groups excluding carboxylic acids is 1. The van der Waals surface area contributed by atoms with Crippen LogP contribution in [-0.2, 0) is 0 Å². The second kappa shape index (κ2) is 6.58. The topological polar surface area (TPSA) is 82.7 Å². The van der Waals surface area contributed by atoms with Gasteiger partial charge in [0.05, 0.1) is 23.0 Å². The molecule has 0 aliphatic carbocycles. The maximum absolute atomic E-state index is 11.5. The number of nitrogens with zero attached hydrogens (tertiary/aromatic N) is 3. The van der Waals surface area contributed by atoms with Crippen LogP contribution >= 0.6 is 23.2 Å². The van der Waals surface area contributed by atoms with Crippen LogP contribution in [0.5, 0.6) is 0 Å². The zero-order valence-corrected chi connectivity index (χ0v) is 12.3. The van der Waals surface area contributed by atoms with E-state index < -0.39 is 6.03 Å². The van der Waals surface area contributed by atoms with E-state index in [9.17, 15) is 9.90 Å². The maximum Gasteiger partial charge on any atom is 0.319 e. The van der Waals surface area contributed by atoms with Gasteiger partial charge in [-0.3, -0.25) is 9.80 Å². The number of halogens is 2. The third-order valence-electron chi connectivity index (χ3n) is 3.25. The van der Waals surface area contributed by atoms with E-state index in [1.165, 1.54) is 11.1 Å². The highest BCUT2D eigenvalue weighted by molar-refractivity contribution is 6.41. The van der Waals surface area contributed by atoms with Crippen molar-refractivity contribution in [2.24, 2.45) is 5.73 Å². The highest BCUT2D eigenvalue weighted by Crippen LogP contribution is 2.24. The Bertz CT molecular complexity index is 500. The summed E-state index contributed by atoms with van der Waals surface area (Å²) in [6.07, 6.45) is 1.92. The van der Waals surface area contributed by atoms with E-state index in [1.54, 1.807) is 6.07 Å². The molecule has 1 aliphatic rings. The Hall–Kier alpha value is -1.08. The van der Waals surface area contributed by atoms with Crippen LogP contribution in [-0.4, -0.2) is 53.3 Å². The number of aliphatic hydroxyl groups is 1. The van der Waals surface area contributed by atoms with Crippen LogP contribution in [0.25, 0.3) is 0 Å². The number of anilines is 1. The molecule has 1 atom stereocenters. The molecule has 1 saturated heterocycles. The number of amides is 2. The van der Waals surface area contributed by atoms with Gasteiger partial charge in [0, 0.05) is 26.2 Å². The van der Waals surface area contributed by atoms with E-state index in [0.29, 0.717) is 25.3 Å². The molecule has 2 rings (SSSR count). The van der Waals surface area contributed by atoms with Gasteiger partial charge >= 0.3 is 6.03 Å². The number of likely N-dealkylation sites (tertiary alicyclic amines) is 1. The summed E-state index contributed by atoms with van der Waals surface area (Å²) in [6.45, 7) is 2.46. The monoisotopic (exact) mass is 318 g/mol. The van der Waals surface area contributed by atoms with Crippen LogP contribution in [0.15, 0.2) is 12.3 Å². The molecular formula is C12H16Cl2N4O2. The van der Waals surface area contributed by atoms with Gasteiger partial charge in [0.2, 0.25) is 0 Å². The van der Waals surface area contributed by atoms with E-state index in [1.807, 2.05) is 0 Å². The number of nitrogens with two attached hydrogens (primary N) is 1. The smallest absolute Gasteiger partial charge is 0.319 e. The standard InChI is InChI=1S/C12H16Cl2N4O2/c13-10-5-8(6-16-11(10)14)18(12(15)20)4-3-17-2-1-9(19)7-17/h5-6,9,19H,1-4,7H2,(H2,15,20)/t9-/m1/s1. The molecule has 0 bridgehead atoms. The van der Waals surface area contributed by atoms with E-state index >= 15 is 0 Å². The number of β-amino-alcohol motifs (C(OH)–C–C–N with tert-alkyl or cyclic N) is 1. The van der Waals surface area contributed by atoms with Gasteiger partial charge in [-0.05, 0) is 12.5 Å². The molecule has 2 heterocycles. The average molecular weight is 319 g/mol. The normalized spacial score (nSPS) is 19.2. The third-order valence-corrected chi connectivity index (χ3v) is 3.93. The number of urea groups is 1. The molecule has 8 heteroatoms. The maximum atomic E-state index is 11.5. The van der Waals surface area contributed by atoms with Crippen molar-refractivity contribution in [3.8, 4) is 0 Å². The van der Waals surface area contributed by atoms with Gasteiger partial charge in [-0.15, -0.1) is 0 Å². The van der Waals surface area contributed by atoms with Crippen molar-refractivity contribution in [2.45, 2.75) is 12.5 Å². The molecule has 0 unspecified atom stereocenters. The van der Waals surface area contributed by atoms with E-state index in [-0.39, 0.29) is 16.3 Å². The summed E-state index contributed by atoms with van der Waals surface area (Å²) in [4.78, 5) is 18.9. The summed E-state index contributed by atoms with van der Waals surface area (Å²) in [5.74, 6) is 0. The number of aromatic nitrogens is 1. The minimum atomic E-state index is -0.579. The zero-order chi connectivity index (χ0) is 14.7. The Morgan fingerprint density at radius 2 is 2.35 bits per heavy atom. The molecule has 0 saturated carbocycles. The molecule has 1 aromatic rings. The second-order valence-electron chi connectivity index (χ2n) is 4.70. The molecule has 110 valence electrons. The summed E-state index contributed by atoms with van der Waals surface area (Å²) < 4.78 is 0. The fourth-order valence-corrected chi connectivity index (χ4v) is 2.45. The first-order valence-corrected chi connectivity index (χ1v) is 7.01. The molecule has 2 amide bonds. The summed E-state index contributed by atoms with van der Waals surface area (Å²) in [7, 11) is 0. The Kier molecular flexibility index (Phi) is 5.04. The number of carbonyl (C=O) groups is 1. The number of hydrogen-bond acceptors (Lipinski definition) is 4. The van der Waals surface area contributed by atoms with Crippen LogP contribution in [0.4, 0.5) is 10.5 Å². The summed E-state index contributed by atoms with van der Waals surface area (Å²) in [6, 6.07) is 0.977. The highest BCUT2D eigenvalue weighted by Gasteiger charge is 2.22. The zero-order valence-electron chi connectivity index (χ0n) is 10.8. The minimum absolute atomic E-state index is 0.183.